The highest BCUT2D eigenvalue weighted by Gasteiger charge is 2.10. The van der Waals surface area contributed by atoms with E-state index in [4.69, 9.17) is 9.47 Å². The summed E-state index contributed by atoms with van der Waals surface area (Å²) in [6, 6.07) is 17.5. The second-order valence-corrected chi connectivity index (χ2v) is 5.95. The molecule has 27 heavy (non-hydrogen) atoms. The second kappa shape index (κ2) is 8.89. The molecule has 0 saturated carbocycles. The lowest BCUT2D eigenvalue weighted by atomic mass is 10.1. The van der Waals surface area contributed by atoms with E-state index < -0.39 is 0 Å². The molecule has 0 unspecified atom stereocenters. The Labute approximate surface area is 159 Å². The van der Waals surface area contributed by atoms with Crippen LogP contribution < -0.4 is 20.1 Å². The van der Waals surface area contributed by atoms with Crippen molar-refractivity contribution in [2.24, 2.45) is 0 Å². The van der Waals surface area contributed by atoms with Gasteiger partial charge in [-0.2, -0.15) is 4.98 Å². The third-order valence-corrected chi connectivity index (χ3v) is 4.00. The summed E-state index contributed by atoms with van der Waals surface area (Å²) >= 11 is 0. The number of nitrogens with zero attached hydrogens (tertiary/aromatic N) is 2. The van der Waals surface area contributed by atoms with Crippen LogP contribution in [0.4, 0.5) is 17.5 Å². The summed E-state index contributed by atoms with van der Waals surface area (Å²) < 4.78 is 10.8. The Kier molecular flexibility index (Phi) is 6.10. The summed E-state index contributed by atoms with van der Waals surface area (Å²) in [5.41, 5.74) is 2.61. The van der Waals surface area contributed by atoms with Gasteiger partial charge in [-0.1, -0.05) is 37.3 Å². The lowest BCUT2D eigenvalue weighted by Crippen LogP contribution is -2.06. The van der Waals surface area contributed by atoms with Crippen LogP contribution in [-0.4, -0.2) is 30.7 Å². The number of rotatable bonds is 8. The molecule has 0 fully saturated rings. The molecule has 1 heterocycles. The van der Waals surface area contributed by atoms with E-state index in [9.17, 15) is 0 Å². The van der Waals surface area contributed by atoms with Crippen molar-refractivity contribution in [2.75, 3.05) is 31.4 Å². The van der Waals surface area contributed by atoms with E-state index in [-0.39, 0.29) is 0 Å². The van der Waals surface area contributed by atoms with Gasteiger partial charge in [0.05, 0.1) is 25.6 Å². The lowest BCUT2D eigenvalue weighted by Gasteiger charge is -2.14. The van der Waals surface area contributed by atoms with E-state index in [0.717, 1.165) is 41.5 Å². The van der Waals surface area contributed by atoms with Crippen LogP contribution in [0.5, 0.6) is 11.5 Å². The summed E-state index contributed by atoms with van der Waals surface area (Å²) in [5, 5.41) is 6.59. The first kappa shape index (κ1) is 18.5. The minimum Gasteiger partial charge on any atom is -0.497 e. The fourth-order valence-electron chi connectivity index (χ4n) is 2.64. The highest BCUT2D eigenvalue weighted by atomic mass is 16.5. The van der Waals surface area contributed by atoms with Crippen molar-refractivity contribution in [1.82, 2.24) is 9.97 Å². The number of aromatic nitrogens is 2. The predicted molar refractivity (Wildman–Crippen MR) is 109 cm³/mol. The zero-order chi connectivity index (χ0) is 19.1. The Morgan fingerprint density at radius 2 is 1.74 bits per heavy atom. The maximum Gasteiger partial charge on any atom is 0.229 e. The molecule has 0 aliphatic carbocycles. The largest absolute Gasteiger partial charge is 0.497 e. The predicted octanol–water partition coefficient (Wildman–Crippen LogP) is 4.73. The number of ether oxygens (including phenoxy) is 2. The van der Waals surface area contributed by atoms with E-state index >= 15 is 0 Å². The van der Waals surface area contributed by atoms with Gasteiger partial charge in [-0.05, 0) is 18.6 Å². The first-order valence-corrected chi connectivity index (χ1v) is 8.91. The van der Waals surface area contributed by atoms with Crippen LogP contribution in [0.2, 0.25) is 0 Å². The van der Waals surface area contributed by atoms with Gasteiger partial charge in [0.15, 0.2) is 0 Å². The first-order chi connectivity index (χ1) is 13.2. The van der Waals surface area contributed by atoms with Gasteiger partial charge in [0, 0.05) is 24.2 Å². The molecule has 3 rings (SSSR count). The number of methoxy groups -OCH3 is 2. The molecule has 0 atom stereocenters. The molecule has 0 amide bonds. The topological polar surface area (TPSA) is 68.3 Å². The van der Waals surface area contributed by atoms with E-state index in [1.165, 1.54) is 0 Å². The minimum absolute atomic E-state index is 0.488. The zero-order valence-electron chi connectivity index (χ0n) is 15.8. The molecule has 0 radical (unpaired) electrons. The lowest BCUT2D eigenvalue weighted by molar-refractivity contribution is 0.405. The van der Waals surface area contributed by atoms with Crippen molar-refractivity contribution in [3.05, 3.63) is 54.6 Å². The molecular formula is C21H24N4O2. The van der Waals surface area contributed by atoms with Crippen LogP contribution in [0.1, 0.15) is 13.3 Å². The van der Waals surface area contributed by atoms with Crippen LogP contribution in [0.15, 0.2) is 54.6 Å². The fourth-order valence-corrected chi connectivity index (χ4v) is 2.64. The molecule has 0 saturated heterocycles. The number of hydrogen-bond acceptors (Lipinski definition) is 6. The maximum absolute atomic E-state index is 5.44. The normalized spacial score (nSPS) is 10.3. The summed E-state index contributed by atoms with van der Waals surface area (Å²) in [4.78, 5) is 9.27. The standard InChI is InChI=1S/C21H24N4O2/c1-4-12-22-20-14-17(15-8-6-5-7-9-15)23-21(25-20)24-18-13-16(26-2)10-11-19(18)27-3/h5-11,13-14H,4,12H2,1-3H3,(H2,22,23,24,25). The summed E-state index contributed by atoms with van der Waals surface area (Å²) in [5.74, 6) is 2.67. The zero-order valence-corrected chi connectivity index (χ0v) is 15.8. The van der Waals surface area contributed by atoms with Crippen molar-refractivity contribution >= 4 is 17.5 Å². The van der Waals surface area contributed by atoms with Crippen LogP contribution in [0.25, 0.3) is 11.3 Å². The SMILES string of the molecule is CCCNc1cc(-c2ccccc2)nc(Nc2cc(OC)ccc2OC)n1. The quantitative estimate of drug-likeness (QED) is 0.602. The Balaban J connectivity index is 1.99. The molecule has 140 valence electrons. The van der Waals surface area contributed by atoms with Gasteiger partial charge in [0.2, 0.25) is 5.95 Å². The number of anilines is 3. The monoisotopic (exact) mass is 364 g/mol. The molecular weight excluding hydrogens is 340 g/mol. The van der Waals surface area contributed by atoms with Gasteiger partial charge in [0.1, 0.15) is 17.3 Å². The highest BCUT2D eigenvalue weighted by Crippen LogP contribution is 2.31. The molecule has 0 aliphatic rings. The van der Waals surface area contributed by atoms with Gasteiger partial charge in [-0.25, -0.2) is 4.98 Å². The van der Waals surface area contributed by atoms with Crippen molar-refractivity contribution < 1.29 is 9.47 Å². The van der Waals surface area contributed by atoms with Crippen molar-refractivity contribution in [1.29, 1.82) is 0 Å². The van der Waals surface area contributed by atoms with Crippen LogP contribution >= 0.6 is 0 Å². The number of hydrogen-bond donors (Lipinski definition) is 2. The van der Waals surface area contributed by atoms with Gasteiger partial charge in [0.25, 0.3) is 0 Å². The molecule has 6 nitrogen and oxygen atoms in total. The highest BCUT2D eigenvalue weighted by molar-refractivity contribution is 5.69. The molecule has 0 spiro atoms. The third kappa shape index (κ3) is 4.67. The van der Waals surface area contributed by atoms with E-state index in [1.807, 2.05) is 54.6 Å². The third-order valence-electron chi connectivity index (χ3n) is 4.00. The van der Waals surface area contributed by atoms with Gasteiger partial charge >= 0.3 is 0 Å². The average Bonchev–Trinajstić information content (AvgIpc) is 2.72. The van der Waals surface area contributed by atoms with Crippen molar-refractivity contribution in [3.63, 3.8) is 0 Å². The number of benzene rings is 2. The van der Waals surface area contributed by atoms with Crippen LogP contribution in [0.3, 0.4) is 0 Å². The Hall–Kier alpha value is -3.28. The Bertz CT molecular complexity index is 885. The van der Waals surface area contributed by atoms with E-state index in [0.29, 0.717) is 11.7 Å². The van der Waals surface area contributed by atoms with Crippen molar-refractivity contribution in [2.45, 2.75) is 13.3 Å². The molecule has 0 bridgehead atoms. The minimum atomic E-state index is 0.488. The van der Waals surface area contributed by atoms with Crippen LogP contribution in [0, 0.1) is 0 Å². The Morgan fingerprint density at radius 1 is 0.926 bits per heavy atom. The molecule has 6 heteroatoms. The summed E-state index contributed by atoms with van der Waals surface area (Å²) in [6.07, 6.45) is 1.01. The Morgan fingerprint density at radius 3 is 2.44 bits per heavy atom. The van der Waals surface area contributed by atoms with E-state index in [1.54, 1.807) is 14.2 Å². The smallest absolute Gasteiger partial charge is 0.229 e. The fraction of sp³-hybridized carbons (Fsp3) is 0.238. The average molecular weight is 364 g/mol. The summed E-state index contributed by atoms with van der Waals surface area (Å²) in [7, 11) is 3.26. The number of nitrogens with one attached hydrogen (secondary N) is 2. The molecule has 3 aromatic rings. The van der Waals surface area contributed by atoms with Crippen LogP contribution in [-0.2, 0) is 0 Å². The molecule has 1 aromatic heterocycles. The van der Waals surface area contributed by atoms with Gasteiger partial charge in [-0.15, -0.1) is 0 Å². The maximum atomic E-state index is 5.44. The second-order valence-electron chi connectivity index (χ2n) is 5.95. The first-order valence-electron chi connectivity index (χ1n) is 8.91. The van der Waals surface area contributed by atoms with E-state index in [2.05, 4.69) is 27.5 Å². The molecule has 2 aromatic carbocycles. The van der Waals surface area contributed by atoms with Crippen molar-refractivity contribution in [3.8, 4) is 22.8 Å². The molecule has 0 aliphatic heterocycles. The van der Waals surface area contributed by atoms with Gasteiger partial charge < -0.3 is 20.1 Å². The molecule has 2 N–H and O–H groups in total. The van der Waals surface area contributed by atoms with Gasteiger partial charge in [-0.3, -0.25) is 0 Å². The summed E-state index contributed by atoms with van der Waals surface area (Å²) in [6.45, 7) is 2.96.